The molecule has 0 amide bonds. The Bertz CT molecular complexity index is 286. The molecule has 1 fully saturated rings. The molecule has 0 radical (unpaired) electrons. The summed E-state index contributed by atoms with van der Waals surface area (Å²) in [5.41, 5.74) is 1.35. The zero-order valence-corrected chi connectivity index (χ0v) is 9.28. The molecule has 0 aromatic heterocycles. The van der Waals surface area contributed by atoms with Gasteiger partial charge in [0.1, 0.15) is 0 Å². The lowest BCUT2D eigenvalue weighted by molar-refractivity contribution is -0.0203. The Morgan fingerprint density at radius 2 is 2.07 bits per heavy atom. The Morgan fingerprint density at radius 3 is 2.67 bits per heavy atom. The average Bonchev–Trinajstić information content (AvgIpc) is 2.26. The third kappa shape index (κ3) is 2.80. The summed E-state index contributed by atoms with van der Waals surface area (Å²) < 4.78 is 5.62. The highest BCUT2D eigenvalue weighted by Crippen LogP contribution is 2.23. The van der Waals surface area contributed by atoms with Crippen LogP contribution in [-0.4, -0.2) is 18.8 Å². The van der Waals surface area contributed by atoms with Crippen molar-refractivity contribution in [2.75, 3.05) is 6.61 Å². The van der Waals surface area contributed by atoms with Crippen molar-refractivity contribution in [2.24, 2.45) is 0 Å². The van der Waals surface area contributed by atoms with Gasteiger partial charge in [-0.3, -0.25) is 0 Å². The lowest BCUT2D eigenvalue weighted by Gasteiger charge is -2.36. The smallest absolute Gasteiger partial charge is 0.0728 e. The molecule has 2 heteroatoms. The predicted octanol–water partition coefficient (Wildman–Crippen LogP) is 2.34. The molecular formula is C13H19NO. The van der Waals surface area contributed by atoms with Crippen LogP contribution < -0.4 is 5.32 Å². The van der Waals surface area contributed by atoms with Crippen LogP contribution in [0.1, 0.15) is 25.3 Å². The fraction of sp³-hybridized carbons (Fsp3) is 0.538. The largest absolute Gasteiger partial charge is 0.377 e. The van der Waals surface area contributed by atoms with Gasteiger partial charge >= 0.3 is 0 Å². The van der Waals surface area contributed by atoms with E-state index in [1.807, 2.05) is 0 Å². The molecule has 1 aliphatic rings. The van der Waals surface area contributed by atoms with Crippen molar-refractivity contribution in [3.63, 3.8) is 0 Å². The first-order valence-electron chi connectivity index (χ1n) is 5.79. The van der Waals surface area contributed by atoms with Gasteiger partial charge in [-0.15, -0.1) is 0 Å². The number of ether oxygens (including phenoxy) is 1. The zero-order valence-electron chi connectivity index (χ0n) is 9.28. The van der Waals surface area contributed by atoms with Crippen LogP contribution in [0.5, 0.6) is 0 Å². The van der Waals surface area contributed by atoms with Crippen LogP contribution in [0.2, 0.25) is 0 Å². The number of benzene rings is 1. The molecule has 1 aromatic carbocycles. The van der Waals surface area contributed by atoms with Crippen LogP contribution in [0, 0.1) is 0 Å². The maximum Gasteiger partial charge on any atom is 0.0728 e. The van der Waals surface area contributed by atoms with Gasteiger partial charge in [-0.05, 0) is 25.3 Å². The van der Waals surface area contributed by atoms with Crippen LogP contribution in [0.25, 0.3) is 0 Å². The molecule has 0 saturated heterocycles. The van der Waals surface area contributed by atoms with Gasteiger partial charge in [-0.2, -0.15) is 0 Å². The summed E-state index contributed by atoms with van der Waals surface area (Å²) in [5, 5.41) is 3.55. The minimum Gasteiger partial charge on any atom is -0.377 e. The Kier molecular flexibility index (Phi) is 3.75. The second-order valence-electron chi connectivity index (χ2n) is 4.04. The highest BCUT2D eigenvalue weighted by atomic mass is 16.5. The average molecular weight is 205 g/mol. The SMILES string of the molecule is CCOC1CCC1NCc1ccccc1. The van der Waals surface area contributed by atoms with Gasteiger partial charge in [0, 0.05) is 19.2 Å². The van der Waals surface area contributed by atoms with E-state index >= 15 is 0 Å². The summed E-state index contributed by atoms with van der Waals surface area (Å²) >= 11 is 0. The molecule has 1 aromatic rings. The molecule has 2 nitrogen and oxygen atoms in total. The van der Waals surface area contributed by atoms with E-state index in [2.05, 4.69) is 42.6 Å². The summed E-state index contributed by atoms with van der Waals surface area (Å²) in [6, 6.07) is 11.1. The zero-order chi connectivity index (χ0) is 10.5. The van der Waals surface area contributed by atoms with Crippen LogP contribution in [0.15, 0.2) is 30.3 Å². The Balaban J connectivity index is 1.74. The monoisotopic (exact) mass is 205 g/mol. The lowest BCUT2D eigenvalue weighted by Crippen LogP contribution is -2.48. The molecule has 15 heavy (non-hydrogen) atoms. The summed E-state index contributed by atoms with van der Waals surface area (Å²) in [7, 11) is 0. The maximum atomic E-state index is 5.62. The van der Waals surface area contributed by atoms with Crippen molar-refractivity contribution in [2.45, 2.75) is 38.5 Å². The van der Waals surface area contributed by atoms with Gasteiger partial charge in [-0.1, -0.05) is 30.3 Å². The van der Waals surface area contributed by atoms with Crippen LogP contribution in [0.4, 0.5) is 0 Å². The van der Waals surface area contributed by atoms with Crippen LogP contribution in [0.3, 0.4) is 0 Å². The van der Waals surface area contributed by atoms with E-state index in [1.54, 1.807) is 0 Å². The van der Waals surface area contributed by atoms with E-state index in [4.69, 9.17) is 4.74 Å². The maximum absolute atomic E-state index is 5.62. The van der Waals surface area contributed by atoms with Gasteiger partial charge in [-0.25, -0.2) is 0 Å². The highest BCUT2D eigenvalue weighted by molar-refractivity contribution is 5.14. The second kappa shape index (κ2) is 5.29. The fourth-order valence-corrected chi connectivity index (χ4v) is 1.96. The van der Waals surface area contributed by atoms with E-state index in [1.165, 1.54) is 18.4 Å². The molecule has 1 saturated carbocycles. The van der Waals surface area contributed by atoms with E-state index in [9.17, 15) is 0 Å². The third-order valence-electron chi connectivity index (χ3n) is 3.00. The molecule has 82 valence electrons. The van der Waals surface area contributed by atoms with Crippen molar-refractivity contribution in [1.82, 2.24) is 5.32 Å². The Labute approximate surface area is 91.6 Å². The quantitative estimate of drug-likeness (QED) is 0.796. The molecule has 2 rings (SSSR count). The van der Waals surface area contributed by atoms with Gasteiger partial charge in [0.2, 0.25) is 0 Å². The van der Waals surface area contributed by atoms with Crippen LogP contribution >= 0.6 is 0 Å². The van der Waals surface area contributed by atoms with Crippen LogP contribution in [-0.2, 0) is 11.3 Å². The molecule has 2 atom stereocenters. The summed E-state index contributed by atoms with van der Waals surface area (Å²) in [5.74, 6) is 0. The highest BCUT2D eigenvalue weighted by Gasteiger charge is 2.30. The topological polar surface area (TPSA) is 21.3 Å². The fourth-order valence-electron chi connectivity index (χ4n) is 1.96. The number of rotatable bonds is 5. The number of hydrogen-bond acceptors (Lipinski definition) is 2. The number of hydrogen-bond donors (Lipinski definition) is 1. The van der Waals surface area contributed by atoms with E-state index in [0.717, 1.165) is 13.2 Å². The van der Waals surface area contributed by atoms with Crippen molar-refractivity contribution in [3.05, 3.63) is 35.9 Å². The minimum atomic E-state index is 0.443. The van der Waals surface area contributed by atoms with Gasteiger partial charge < -0.3 is 10.1 Å². The van der Waals surface area contributed by atoms with Gasteiger partial charge in [0.15, 0.2) is 0 Å². The Morgan fingerprint density at radius 1 is 1.27 bits per heavy atom. The molecule has 0 bridgehead atoms. The summed E-state index contributed by atoms with van der Waals surface area (Å²) in [6.45, 7) is 3.84. The molecule has 0 heterocycles. The molecule has 1 N–H and O–H groups in total. The van der Waals surface area contributed by atoms with Crippen molar-refractivity contribution >= 4 is 0 Å². The second-order valence-corrected chi connectivity index (χ2v) is 4.04. The number of nitrogens with one attached hydrogen (secondary N) is 1. The molecular weight excluding hydrogens is 186 g/mol. The molecule has 0 spiro atoms. The molecule has 1 aliphatic carbocycles. The first-order chi connectivity index (χ1) is 7.40. The summed E-state index contributed by atoms with van der Waals surface area (Å²) in [4.78, 5) is 0. The molecule has 2 unspecified atom stereocenters. The molecule has 0 aliphatic heterocycles. The Hall–Kier alpha value is -0.860. The van der Waals surface area contributed by atoms with Crippen molar-refractivity contribution in [3.8, 4) is 0 Å². The standard InChI is InChI=1S/C13H19NO/c1-2-15-13-9-8-12(13)14-10-11-6-4-3-5-7-11/h3-7,12-14H,2,8-10H2,1H3. The van der Waals surface area contributed by atoms with E-state index in [0.29, 0.717) is 12.1 Å². The van der Waals surface area contributed by atoms with E-state index in [-0.39, 0.29) is 0 Å². The third-order valence-corrected chi connectivity index (χ3v) is 3.00. The van der Waals surface area contributed by atoms with Crippen molar-refractivity contribution in [1.29, 1.82) is 0 Å². The van der Waals surface area contributed by atoms with Crippen molar-refractivity contribution < 1.29 is 4.74 Å². The minimum absolute atomic E-state index is 0.443. The first kappa shape index (κ1) is 10.7. The van der Waals surface area contributed by atoms with E-state index < -0.39 is 0 Å². The predicted molar refractivity (Wildman–Crippen MR) is 61.7 cm³/mol. The first-order valence-corrected chi connectivity index (χ1v) is 5.79. The lowest BCUT2D eigenvalue weighted by atomic mass is 9.89. The van der Waals surface area contributed by atoms with Gasteiger partial charge in [0.25, 0.3) is 0 Å². The van der Waals surface area contributed by atoms with Gasteiger partial charge in [0.05, 0.1) is 6.10 Å². The summed E-state index contributed by atoms with van der Waals surface area (Å²) in [6.07, 6.45) is 2.90. The normalized spacial score (nSPS) is 24.9.